The maximum atomic E-state index is 13.6. The lowest BCUT2D eigenvalue weighted by Crippen LogP contribution is -2.43. The van der Waals surface area contributed by atoms with Crippen LogP contribution in [0.1, 0.15) is 34.7 Å². The molecule has 4 rings (SSSR count). The molecule has 2 aromatic heterocycles. The maximum absolute atomic E-state index is 13.6. The second kappa shape index (κ2) is 12.8. The van der Waals surface area contributed by atoms with Crippen molar-refractivity contribution in [2.75, 3.05) is 10.2 Å². The van der Waals surface area contributed by atoms with Crippen LogP contribution in [0.15, 0.2) is 88.8 Å². The van der Waals surface area contributed by atoms with Gasteiger partial charge in [-0.25, -0.2) is 4.39 Å². The van der Waals surface area contributed by atoms with Crippen LogP contribution in [0.3, 0.4) is 0 Å². The highest BCUT2D eigenvalue weighted by molar-refractivity contribution is 7.10. The SMILES string of the molecule is CCc1ccc(N(C(=O)/C=C/C(=O)Nc2cc(C)on2)[C@@H](C(=O)NCc2ccc(F)cc2)c2cccs2)cc1. The summed E-state index contributed by atoms with van der Waals surface area (Å²) in [6, 6.07) is 17.2. The monoisotopic (exact) mass is 546 g/mol. The molecule has 0 aliphatic heterocycles. The van der Waals surface area contributed by atoms with Crippen molar-refractivity contribution >= 4 is 40.6 Å². The highest BCUT2D eigenvalue weighted by Gasteiger charge is 2.32. The number of amides is 3. The number of nitrogens with one attached hydrogen (secondary N) is 2. The Morgan fingerprint density at radius 1 is 1.05 bits per heavy atom. The van der Waals surface area contributed by atoms with Crippen molar-refractivity contribution in [2.45, 2.75) is 32.9 Å². The largest absolute Gasteiger partial charge is 0.360 e. The Balaban J connectivity index is 1.63. The third kappa shape index (κ3) is 7.26. The number of aryl methyl sites for hydroxylation is 2. The Morgan fingerprint density at radius 2 is 1.77 bits per heavy atom. The van der Waals surface area contributed by atoms with Gasteiger partial charge in [0.25, 0.3) is 5.91 Å². The fourth-order valence-corrected chi connectivity index (χ4v) is 4.64. The van der Waals surface area contributed by atoms with E-state index in [2.05, 4.69) is 15.8 Å². The normalized spacial score (nSPS) is 11.8. The number of hydrogen-bond donors (Lipinski definition) is 2. The second-order valence-corrected chi connectivity index (χ2v) is 9.62. The predicted molar refractivity (Wildman–Crippen MR) is 148 cm³/mol. The predicted octanol–water partition coefficient (Wildman–Crippen LogP) is 5.33. The number of anilines is 2. The van der Waals surface area contributed by atoms with Crippen LogP contribution in [0.25, 0.3) is 0 Å². The highest BCUT2D eigenvalue weighted by atomic mass is 32.1. The van der Waals surface area contributed by atoms with Crippen LogP contribution in [0.4, 0.5) is 15.9 Å². The van der Waals surface area contributed by atoms with Gasteiger partial charge in [-0.1, -0.05) is 42.4 Å². The van der Waals surface area contributed by atoms with Gasteiger partial charge in [-0.05, 0) is 60.2 Å². The molecule has 0 unspecified atom stereocenters. The first-order valence-corrected chi connectivity index (χ1v) is 13.1. The van der Waals surface area contributed by atoms with E-state index in [-0.39, 0.29) is 18.2 Å². The molecule has 1 atom stereocenters. The van der Waals surface area contributed by atoms with Crippen LogP contribution in [0.2, 0.25) is 0 Å². The van der Waals surface area contributed by atoms with E-state index in [1.807, 2.05) is 24.4 Å². The summed E-state index contributed by atoms with van der Waals surface area (Å²) < 4.78 is 18.3. The Bertz CT molecular complexity index is 1450. The molecule has 0 aliphatic carbocycles. The molecule has 0 saturated carbocycles. The molecule has 2 heterocycles. The molecule has 2 aromatic carbocycles. The van der Waals surface area contributed by atoms with Gasteiger partial charge in [-0.2, -0.15) is 0 Å². The standard InChI is InChI=1S/C29H27FN4O4S/c1-3-20-8-12-23(13-9-20)34(27(36)15-14-26(35)32-25-17-19(2)38-33-25)28(24-5-4-16-39-24)29(37)31-18-21-6-10-22(30)11-7-21/h4-17,28H,3,18H2,1-2H3,(H,31,37)(H,32,33,35)/b15-14+/t28-/m1/s1. The fraction of sp³-hybridized carbons (Fsp3) is 0.172. The zero-order valence-corrected chi connectivity index (χ0v) is 22.2. The van der Waals surface area contributed by atoms with E-state index in [1.54, 1.807) is 49.4 Å². The van der Waals surface area contributed by atoms with Crippen molar-refractivity contribution in [2.24, 2.45) is 0 Å². The molecule has 0 saturated heterocycles. The zero-order valence-electron chi connectivity index (χ0n) is 21.4. The third-order valence-corrected chi connectivity index (χ3v) is 6.74. The number of carbonyl (C=O) groups is 3. The van der Waals surface area contributed by atoms with Crippen molar-refractivity contribution in [1.82, 2.24) is 10.5 Å². The van der Waals surface area contributed by atoms with Crippen LogP contribution in [0.5, 0.6) is 0 Å². The highest BCUT2D eigenvalue weighted by Crippen LogP contribution is 2.31. The Morgan fingerprint density at radius 3 is 2.38 bits per heavy atom. The quantitative estimate of drug-likeness (QED) is 0.262. The zero-order chi connectivity index (χ0) is 27.8. The van der Waals surface area contributed by atoms with Crippen molar-refractivity contribution in [3.05, 3.63) is 112 Å². The van der Waals surface area contributed by atoms with Gasteiger partial charge in [-0.3, -0.25) is 19.3 Å². The minimum Gasteiger partial charge on any atom is -0.360 e. The van der Waals surface area contributed by atoms with Gasteiger partial charge in [0.15, 0.2) is 5.82 Å². The molecule has 3 amide bonds. The number of carbonyl (C=O) groups excluding carboxylic acids is 3. The van der Waals surface area contributed by atoms with Gasteiger partial charge in [0.05, 0.1) is 0 Å². The molecule has 39 heavy (non-hydrogen) atoms. The summed E-state index contributed by atoms with van der Waals surface area (Å²) in [4.78, 5) is 41.7. The average molecular weight is 547 g/mol. The summed E-state index contributed by atoms with van der Waals surface area (Å²) in [7, 11) is 0. The Kier molecular flexibility index (Phi) is 9.01. The van der Waals surface area contributed by atoms with E-state index in [4.69, 9.17) is 4.52 Å². The number of rotatable bonds is 10. The molecule has 2 N–H and O–H groups in total. The van der Waals surface area contributed by atoms with Gasteiger partial charge in [-0.15, -0.1) is 11.3 Å². The van der Waals surface area contributed by atoms with E-state index < -0.39 is 23.8 Å². The lowest BCUT2D eigenvalue weighted by molar-refractivity contribution is -0.125. The van der Waals surface area contributed by atoms with Gasteiger partial charge < -0.3 is 15.2 Å². The van der Waals surface area contributed by atoms with Gasteiger partial charge in [0, 0.05) is 35.3 Å². The van der Waals surface area contributed by atoms with Crippen LogP contribution in [-0.4, -0.2) is 22.9 Å². The fourth-order valence-electron chi connectivity index (χ4n) is 3.82. The van der Waals surface area contributed by atoms with E-state index in [0.717, 1.165) is 24.1 Å². The molecule has 0 aliphatic rings. The summed E-state index contributed by atoms with van der Waals surface area (Å²) in [6.45, 7) is 3.86. The number of hydrogen-bond acceptors (Lipinski definition) is 6. The number of halogens is 1. The van der Waals surface area contributed by atoms with Gasteiger partial charge in [0.2, 0.25) is 11.8 Å². The van der Waals surface area contributed by atoms with E-state index in [9.17, 15) is 18.8 Å². The lowest BCUT2D eigenvalue weighted by Gasteiger charge is -2.30. The van der Waals surface area contributed by atoms with E-state index in [1.165, 1.54) is 28.4 Å². The summed E-state index contributed by atoms with van der Waals surface area (Å²) in [5.74, 6) is -1.20. The number of nitrogens with zero attached hydrogens (tertiary/aromatic N) is 2. The van der Waals surface area contributed by atoms with Crippen molar-refractivity contribution in [3.8, 4) is 0 Å². The molecule has 8 nitrogen and oxygen atoms in total. The summed E-state index contributed by atoms with van der Waals surface area (Å²) in [5.41, 5.74) is 2.27. The smallest absolute Gasteiger partial charge is 0.252 e. The van der Waals surface area contributed by atoms with Crippen molar-refractivity contribution in [1.29, 1.82) is 0 Å². The van der Waals surface area contributed by atoms with Crippen LogP contribution >= 0.6 is 11.3 Å². The molecule has 4 aromatic rings. The number of aromatic nitrogens is 1. The molecular formula is C29H27FN4O4S. The van der Waals surface area contributed by atoms with Gasteiger partial charge in [0.1, 0.15) is 17.6 Å². The molecule has 0 bridgehead atoms. The Labute approximate surface area is 229 Å². The number of benzene rings is 2. The first-order valence-electron chi connectivity index (χ1n) is 12.2. The van der Waals surface area contributed by atoms with E-state index in [0.29, 0.717) is 21.9 Å². The summed E-state index contributed by atoms with van der Waals surface area (Å²) in [5, 5.41) is 10.9. The summed E-state index contributed by atoms with van der Waals surface area (Å²) >= 11 is 1.33. The molecule has 0 spiro atoms. The average Bonchev–Trinajstić information content (AvgIpc) is 3.62. The molecule has 0 radical (unpaired) electrons. The van der Waals surface area contributed by atoms with Crippen molar-refractivity contribution in [3.63, 3.8) is 0 Å². The van der Waals surface area contributed by atoms with Crippen LogP contribution in [-0.2, 0) is 27.3 Å². The molecular weight excluding hydrogens is 519 g/mol. The molecule has 0 fully saturated rings. The Hall–Kier alpha value is -4.57. The second-order valence-electron chi connectivity index (χ2n) is 8.64. The van der Waals surface area contributed by atoms with E-state index >= 15 is 0 Å². The first kappa shape index (κ1) is 27.5. The van der Waals surface area contributed by atoms with Crippen molar-refractivity contribution < 1.29 is 23.3 Å². The third-order valence-electron chi connectivity index (χ3n) is 5.82. The topological polar surface area (TPSA) is 105 Å². The first-order chi connectivity index (χ1) is 18.8. The van der Waals surface area contributed by atoms with Crippen LogP contribution < -0.4 is 15.5 Å². The maximum Gasteiger partial charge on any atom is 0.252 e. The summed E-state index contributed by atoms with van der Waals surface area (Å²) in [6.07, 6.45) is 3.01. The van der Waals surface area contributed by atoms with Gasteiger partial charge >= 0.3 is 0 Å². The minimum atomic E-state index is -1.02. The lowest BCUT2D eigenvalue weighted by atomic mass is 10.1. The van der Waals surface area contributed by atoms with Crippen LogP contribution in [0, 0.1) is 12.7 Å². The number of thiophene rings is 1. The molecule has 10 heteroatoms. The molecule has 200 valence electrons. The minimum absolute atomic E-state index is 0.146.